The Morgan fingerprint density at radius 2 is 0.946 bits per heavy atom. The van der Waals surface area contributed by atoms with Crippen LogP contribution < -0.4 is 4.90 Å². The van der Waals surface area contributed by atoms with Crippen LogP contribution in [-0.4, -0.2) is 4.57 Å². The Labute approximate surface area is 328 Å². The molecule has 0 bridgehead atoms. The molecule has 2 aliphatic rings. The van der Waals surface area contributed by atoms with Crippen molar-refractivity contribution in [1.29, 1.82) is 0 Å². The van der Waals surface area contributed by atoms with Crippen molar-refractivity contribution in [2.45, 2.75) is 38.5 Å². The molecule has 2 aliphatic carbocycles. The van der Waals surface area contributed by atoms with Gasteiger partial charge in [-0.25, -0.2) is 0 Å². The molecule has 0 radical (unpaired) electrons. The molecule has 0 N–H and O–H groups in total. The minimum Gasteiger partial charge on any atom is -0.310 e. The van der Waals surface area contributed by atoms with Crippen LogP contribution in [0.1, 0.15) is 49.9 Å². The molecule has 8 aromatic carbocycles. The van der Waals surface area contributed by atoms with Crippen LogP contribution in [0.5, 0.6) is 0 Å². The van der Waals surface area contributed by atoms with E-state index in [0.29, 0.717) is 0 Å². The maximum atomic E-state index is 2.49. The number of fused-ring (bicyclic) bond motifs is 9. The Hall–Kier alpha value is -6.64. The third-order valence-corrected chi connectivity index (χ3v) is 12.8. The van der Waals surface area contributed by atoms with E-state index in [2.05, 4.69) is 219 Å². The number of rotatable bonds is 5. The van der Waals surface area contributed by atoms with E-state index in [4.69, 9.17) is 0 Å². The van der Waals surface area contributed by atoms with Gasteiger partial charge in [0, 0.05) is 44.4 Å². The quantitative estimate of drug-likeness (QED) is 0.172. The van der Waals surface area contributed by atoms with Gasteiger partial charge in [-0.3, -0.25) is 0 Å². The minimum absolute atomic E-state index is 0.119. The fraction of sp³-hybridized carbons (Fsp3) is 0.111. The lowest BCUT2D eigenvalue weighted by Gasteiger charge is -2.29. The first-order valence-corrected chi connectivity index (χ1v) is 19.8. The summed E-state index contributed by atoms with van der Waals surface area (Å²) < 4.78 is 2.40. The van der Waals surface area contributed by atoms with Crippen molar-refractivity contribution in [2.24, 2.45) is 0 Å². The fourth-order valence-corrected chi connectivity index (χ4v) is 10.0. The van der Waals surface area contributed by atoms with Crippen LogP contribution in [-0.2, 0) is 10.8 Å². The lowest BCUT2D eigenvalue weighted by molar-refractivity contribution is 0.660. The Kier molecular flexibility index (Phi) is 6.98. The molecule has 0 atom stereocenters. The molecule has 0 unspecified atom stereocenters. The number of para-hydroxylation sites is 2. The molecular formula is C54H42N2. The van der Waals surface area contributed by atoms with E-state index in [9.17, 15) is 0 Å². The molecule has 0 saturated heterocycles. The first-order valence-electron chi connectivity index (χ1n) is 19.8. The van der Waals surface area contributed by atoms with Gasteiger partial charge in [-0.05, 0) is 116 Å². The predicted octanol–water partition coefficient (Wildman–Crippen LogP) is 14.5. The van der Waals surface area contributed by atoms with Crippen LogP contribution in [0.4, 0.5) is 17.1 Å². The standard InChI is InChI=1S/C54H42N2/c1-53(2)47-30-27-37(33-45(47)52-40(22-15-24-48(52)53)35-16-7-5-8-17-35)55(39-26-29-42-41-20-11-13-23-46(41)54(3,4)49(42)34-39)38-28-31-51-44(32-38)43-21-12-14-25-50(43)56(51)36-18-9-6-10-19-36/h5-34H,1-4H3. The van der Waals surface area contributed by atoms with E-state index in [-0.39, 0.29) is 10.8 Å². The molecule has 2 heteroatoms. The lowest BCUT2D eigenvalue weighted by atomic mass is 9.82. The number of nitrogens with zero attached hydrogens (tertiary/aromatic N) is 2. The number of aromatic nitrogens is 1. The third-order valence-electron chi connectivity index (χ3n) is 12.8. The first-order chi connectivity index (χ1) is 27.3. The predicted molar refractivity (Wildman–Crippen MR) is 236 cm³/mol. The van der Waals surface area contributed by atoms with Crippen molar-refractivity contribution >= 4 is 38.9 Å². The van der Waals surface area contributed by atoms with Crippen molar-refractivity contribution in [3.63, 3.8) is 0 Å². The summed E-state index contributed by atoms with van der Waals surface area (Å²) in [5.74, 6) is 0. The highest BCUT2D eigenvalue weighted by Crippen LogP contribution is 2.55. The largest absolute Gasteiger partial charge is 0.310 e. The Morgan fingerprint density at radius 1 is 0.375 bits per heavy atom. The summed E-state index contributed by atoms with van der Waals surface area (Å²) in [7, 11) is 0. The van der Waals surface area contributed by atoms with Crippen LogP contribution in [0.2, 0.25) is 0 Å². The highest BCUT2D eigenvalue weighted by molar-refractivity contribution is 6.11. The van der Waals surface area contributed by atoms with Crippen molar-refractivity contribution < 1.29 is 0 Å². The summed E-state index contributed by atoms with van der Waals surface area (Å²) in [4.78, 5) is 2.49. The van der Waals surface area contributed by atoms with E-state index >= 15 is 0 Å². The van der Waals surface area contributed by atoms with Gasteiger partial charge in [-0.2, -0.15) is 0 Å². The minimum atomic E-state index is -0.125. The van der Waals surface area contributed by atoms with Crippen molar-refractivity contribution in [2.75, 3.05) is 4.90 Å². The number of hydrogen-bond acceptors (Lipinski definition) is 1. The first kappa shape index (κ1) is 32.8. The summed E-state index contributed by atoms with van der Waals surface area (Å²) in [5, 5.41) is 2.48. The molecule has 9 aromatic rings. The third kappa shape index (κ3) is 4.62. The fourth-order valence-electron chi connectivity index (χ4n) is 10.0. The van der Waals surface area contributed by atoms with Crippen LogP contribution >= 0.6 is 0 Å². The molecule has 0 amide bonds. The molecular weight excluding hydrogens is 677 g/mol. The van der Waals surface area contributed by atoms with Gasteiger partial charge >= 0.3 is 0 Å². The molecule has 11 rings (SSSR count). The average Bonchev–Trinajstić information content (AvgIpc) is 3.78. The summed E-state index contributed by atoms with van der Waals surface area (Å²) >= 11 is 0. The van der Waals surface area contributed by atoms with E-state index in [1.54, 1.807) is 0 Å². The van der Waals surface area contributed by atoms with Gasteiger partial charge in [0.1, 0.15) is 0 Å². The molecule has 268 valence electrons. The summed E-state index contributed by atoms with van der Waals surface area (Å²) in [5.41, 5.74) is 20.1. The van der Waals surface area contributed by atoms with Gasteiger partial charge in [0.15, 0.2) is 0 Å². The van der Waals surface area contributed by atoms with Gasteiger partial charge in [0.2, 0.25) is 0 Å². The zero-order chi connectivity index (χ0) is 37.8. The highest BCUT2D eigenvalue weighted by atomic mass is 15.1. The molecule has 0 spiro atoms. The zero-order valence-electron chi connectivity index (χ0n) is 32.2. The molecule has 0 aliphatic heterocycles. The molecule has 56 heavy (non-hydrogen) atoms. The SMILES string of the molecule is CC1(C)c2ccccc2-c2ccc(N(c3ccc4c(c3)-c3c(-c5ccccc5)cccc3C4(C)C)c3ccc4c(c3)c3ccccc3n4-c3ccccc3)cc21. The molecule has 0 saturated carbocycles. The average molecular weight is 719 g/mol. The van der Waals surface area contributed by atoms with Crippen LogP contribution in [0.25, 0.3) is 60.9 Å². The van der Waals surface area contributed by atoms with Gasteiger partial charge in [-0.1, -0.05) is 149 Å². The summed E-state index contributed by atoms with van der Waals surface area (Å²) in [6.45, 7) is 9.49. The van der Waals surface area contributed by atoms with Crippen LogP contribution in [0.15, 0.2) is 182 Å². The number of benzene rings is 8. The van der Waals surface area contributed by atoms with Crippen LogP contribution in [0, 0.1) is 0 Å². The van der Waals surface area contributed by atoms with Crippen molar-refractivity contribution in [3.05, 3.63) is 204 Å². The van der Waals surface area contributed by atoms with Gasteiger partial charge in [-0.15, -0.1) is 0 Å². The van der Waals surface area contributed by atoms with E-state index in [1.165, 1.54) is 77.4 Å². The Balaban J connectivity index is 1.16. The van der Waals surface area contributed by atoms with Gasteiger partial charge in [0.05, 0.1) is 11.0 Å². The molecule has 1 heterocycles. The molecule has 2 nitrogen and oxygen atoms in total. The summed E-state index contributed by atoms with van der Waals surface area (Å²) in [6, 6.07) is 67.5. The Bertz CT molecular complexity index is 3020. The number of anilines is 3. The lowest BCUT2D eigenvalue weighted by Crippen LogP contribution is -2.17. The van der Waals surface area contributed by atoms with Gasteiger partial charge in [0.25, 0.3) is 0 Å². The Morgan fingerprint density at radius 3 is 1.79 bits per heavy atom. The van der Waals surface area contributed by atoms with E-state index < -0.39 is 0 Å². The second-order valence-electron chi connectivity index (χ2n) is 16.6. The maximum Gasteiger partial charge on any atom is 0.0542 e. The van der Waals surface area contributed by atoms with Crippen molar-refractivity contribution in [3.8, 4) is 39.1 Å². The van der Waals surface area contributed by atoms with E-state index in [0.717, 1.165) is 22.7 Å². The summed E-state index contributed by atoms with van der Waals surface area (Å²) in [6.07, 6.45) is 0. The topological polar surface area (TPSA) is 8.17 Å². The zero-order valence-corrected chi connectivity index (χ0v) is 32.2. The second kappa shape index (κ2) is 11.9. The van der Waals surface area contributed by atoms with E-state index in [1.807, 2.05) is 0 Å². The van der Waals surface area contributed by atoms with Crippen LogP contribution in [0.3, 0.4) is 0 Å². The normalized spacial score (nSPS) is 14.4. The molecule has 1 aromatic heterocycles. The number of hydrogen-bond donors (Lipinski definition) is 0. The molecule has 0 fully saturated rings. The monoisotopic (exact) mass is 718 g/mol. The van der Waals surface area contributed by atoms with Crippen molar-refractivity contribution in [1.82, 2.24) is 4.57 Å². The second-order valence-corrected chi connectivity index (χ2v) is 16.6. The van der Waals surface area contributed by atoms with Gasteiger partial charge < -0.3 is 9.47 Å². The maximum absolute atomic E-state index is 2.49. The highest BCUT2D eigenvalue weighted by Gasteiger charge is 2.38. The smallest absolute Gasteiger partial charge is 0.0542 e.